The average Bonchev–Trinajstić information content (AvgIpc) is 3.28. The highest BCUT2D eigenvalue weighted by Crippen LogP contribution is 2.23. The van der Waals surface area contributed by atoms with E-state index in [1.165, 1.54) is 5.56 Å². The number of amides is 1. The van der Waals surface area contributed by atoms with Gasteiger partial charge in [0.2, 0.25) is 11.7 Å². The molecule has 1 amide bonds. The van der Waals surface area contributed by atoms with E-state index in [0.29, 0.717) is 18.3 Å². The Morgan fingerprint density at radius 2 is 1.93 bits per heavy atom. The van der Waals surface area contributed by atoms with Crippen LogP contribution in [0, 0.1) is 6.92 Å². The van der Waals surface area contributed by atoms with Crippen LogP contribution in [0.4, 0.5) is 5.69 Å². The van der Waals surface area contributed by atoms with Crippen molar-refractivity contribution in [2.75, 3.05) is 29.9 Å². The van der Waals surface area contributed by atoms with Gasteiger partial charge in [0, 0.05) is 41.4 Å². The summed E-state index contributed by atoms with van der Waals surface area (Å²) in [5.41, 5.74) is 4.80. The maximum atomic E-state index is 12.9. The summed E-state index contributed by atoms with van der Waals surface area (Å²) in [7, 11) is 0. The second-order valence-corrected chi connectivity index (χ2v) is 8.52. The van der Waals surface area contributed by atoms with E-state index in [1.807, 2.05) is 53.9 Å². The first-order chi connectivity index (χ1) is 14.7. The molecule has 2 heterocycles. The van der Waals surface area contributed by atoms with Gasteiger partial charge >= 0.3 is 0 Å². The van der Waals surface area contributed by atoms with E-state index in [0.717, 1.165) is 53.4 Å². The lowest BCUT2D eigenvalue weighted by Gasteiger charge is -2.27. The van der Waals surface area contributed by atoms with Crippen LogP contribution in [0.15, 0.2) is 47.0 Å². The third-order valence-electron chi connectivity index (χ3n) is 5.38. The van der Waals surface area contributed by atoms with Gasteiger partial charge in [-0.2, -0.15) is 16.7 Å². The van der Waals surface area contributed by atoms with Crippen LogP contribution in [0.2, 0.25) is 0 Å². The van der Waals surface area contributed by atoms with Gasteiger partial charge in [0.05, 0.1) is 6.54 Å². The molecule has 4 rings (SSSR count). The van der Waals surface area contributed by atoms with Crippen molar-refractivity contribution in [2.45, 2.75) is 26.8 Å². The summed E-state index contributed by atoms with van der Waals surface area (Å²) in [6.45, 7) is 6.13. The number of benzene rings is 2. The quantitative estimate of drug-likeness (QED) is 0.635. The van der Waals surface area contributed by atoms with E-state index in [2.05, 4.69) is 34.5 Å². The number of aryl methyl sites for hydroxylation is 1. The lowest BCUT2D eigenvalue weighted by Crippen LogP contribution is -2.38. The maximum Gasteiger partial charge on any atom is 0.254 e. The fourth-order valence-corrected chi connectivity index (χ4v) is 4.40. The number of carbonyl (C=O) groups is 1. The molecule has 0 atom stereocenters. The summed E-state index contributed by atoms with van der Waals surface area (Å²) in [5, 5.41) is 7.43. The predicted molar refractivity (Wildman–Crippen MR) is 121 cm³/mol. The molecular weight excluding hydrogens is 396 g/mol. The Balaban J connectivity index is 1.44. The fourth-order valence-electron chi connectivity index (χ4n) is 3.50. The van der Waals surface area contributed by atoms with Gasteiger partial charge in [-0.05, 0) is 36.6 Å². The Morgan fingerprint density at radius 1 is 1.17 bits per heavy atom. The number of nitrogens with one attached hydrogen (secondary N) is 1. The molecule has 1 saturated heterocycles. The van der Waals surface area contributed by atoms with Crippen LogP contribution in [-0.4, -0.2) is 45.5 Å². The van der Waals surface area contributed by atoms with Gasteiger partial charge in [-0.25, -0.2) is 0 Å². The highest BCUT2D eigenvalue weighted by molar-refractivity contribution is 7.99. The number of hydrogen-bond donors (Lipinski definition) is 1. The minimum absolute atomic E-state index is 0.104. The first-order valence-electron chi connectivity index (χ1n) is 10.3. The SMILES string of the molecule is CCc1ccc(-c2noc(CNc3cccc(C(=O)N4CCSCC4)c3C)n2)cc1. The summed E-state index contributed by atoms with van der Waals surface area (Å²) in [5.74, 6) is 3.20. The number of rotatable bonds is 6. The van der Waals surface area contributed by atoms with Gasteiger partial charge in [0.25, 0.3) is 5.91 Å². The van der Waals surface area contributed by atoms with Crippen LogP contribution < -0.4 is 5.32 Å². The molecule has 7 heteroatoms. The molecule has 0 unspecified atom stereocenters. The second-order valence-electron chi connectivity index (χ2n) is 7.30. The van der Waals surface area contributed by atoms with Crippen LogP contribution in [0.1, 0.15) is 34.3 Å². The van der Waals surface area contributed by atoms with Crippen LogP contribution >= 0.6 is 11.8 Å². The van der Waals surface area contributed by atoms with E-state index in [4.69, 9.17) is 4.52 Å². The van der Waals surface area contributed by atoms with Gasteiger partial charge in [0.1, 0.15) is 0 Å². The average molecular weight is 423 g/mol. The zero-order valence-electron chi connectivity index (χ0n) is 17.4. The summed E-state index contributed by atoms with van der Waals surface area (Å²) >= 11 is 1.90. The van der Waals surface area contributed by atoms with Gasteiger partial charge in [0.15, 0.2) is 0 Å². The lowest BCUT2D eigenvalue weighted by atomic mass is 10.1. The van der Waals surface area contributed by atoms with Gasteiger partial charge < -0.3 is 14.7 Å². The number of anilines is 1. The van der Waals surface area contributed by atoms with Crippen LogP contribution in [-0.2, 0) is 13.0 Å². The van der Waals surface area contributed by atoms with Crippen molar-refractivity contribution in [1.82, 2.24) is 15.0 Å². The van der Waals surface area contributed by atoms with Crippen molar-refractivity contribution in [3.63, 3.8) is 0 Å². The first kappa shape index (κ1) is 20.5. The number of hydrogen-bond acceptors (Lipinski definition) is 6. The lowest BCUT2D eigenvalue weighted by molar-refractivity contribution is 0.0771. The van der Waals surface area contributed by atoms with E-state index in [9.17, 15) is 4.79 Å². The summed E-state index contributed by atoms with van der Waals surface area (Å²) in [6.07, 6.45) is 0.999. The number of carbonyl (C=O) groups excluding carboxylic acids is 1. The third-order valence-corrected chi connectivity index (χ3v) is 6.32. The molecule has 1 aliphatic heterocycles. The zero-order chi connectivity index (χ0) is 20.9. The Morgan fingerprint density at radius 3 is 2.67 bits per heavy atom. The molecule has 2 aromatic carbocycles. The minimum atomic E-state index is 0.104. The normalized spacial score (nSPS) is 14.0. The second kappa shape index (κ2) is 9.34. The molecule has 1 aromatic heterocycles. The monoisotopic (exact) mass is 422 g/mol. The standard InChI is InChI=1S/C23H26N4O2S/c1-3-17-7-9-18(10-8-17)22-25-21(29-26-22)15-24-20-6-4-5-19(16(20)2)23(28)27-11-13-30-14-12-27/h4-10,24H,3,11-15H2,1-2H3. The Bertz CT molecular complexity index is 1010. The molecule has 0 radical (unpaired) electrons. The highest BCUT2D eigenvalue weighted by Gasteiger charge is 2.21. The number of thioether (sulfide) groups is 1. The van der Waals surface area contributed by atoms with Crippen molar-refractivity contribution in [2.24, 2.45) is 0 Å². The van der Waals surface area contributed by atoms with Crippen LogP contribution in [0.25, 0.3) is 11.4 Å². The fraction of sp³-hybridized carbons (Fsp3) is 0.348. The van der Waals surface area contributed by atoms with Crippen molar-refractivity contribution >= 4 is 23.4 Å². The topological polar surface area (TPSA) is 71.3 Å². The summed E-state index contributed by atoms with van der Waals surface area (Å²) in [6, 6.07) is 14.0. The molecule has 30 heavy (non-hydrogen) atoms. The molecule has 156 valence electrons. The van der Waals surface area contributed by atoms with E-state index >= 15 is 0 Å². The molecule has 1 aliphatic rings. The maximum absolute atomic E-state index is 12.9. The molecule has 1 fully saturated rings. The largest absolute Gasteiger partial charge is 0.376 e. The Labute approximate surface area is 181 Å². The van der Waals surface area contributed by atoms with Crippen molar-refractivity contribution < 1.29 is 9.32 Å². The van der Waals surface area contributed by atoms with Gasteiger partial charge in [-0.1, -0.05) is 42.4 Å². The smallest absolute Gasteiger partial charge is 0.254 e. The Kier molecular flexibility index (Phi) is 6.38. The third kappa shape index (κ3) is 4.51. The Hall–Kier alpha value is -2.80. The zero-order valence-corrected chi connectivity index (χ0v) is 18.2. The predicted octanol–water partition coefficient (Wildman–Crippen LogP) is 4.41. The molecule has 0 spiro atoms. The van der Waals surface area contributed by atoms with Crippen molar-refractivity contribution in [3.05, 3.63) is 65.0 Å². The van der Waals surface area contributed by atoms with E-state index < -0.39 is 0 Å². The van der Waals surface area contributed by atoms with E-state index in [1.54, 1.807) is 0 Å². The molecular formula is C23H26N4O2S. The van der Waals surface area contributed by atoms with E-state index in [-0.39, 0.29) is 5.91 Å². The van der Waals surface area contributed by atoms with Crippen molar-refractivity contribution in [3.8, 4) is 11.4 Å². The minimum Gasteiger partial charge on any atom is -0.376 e. The van der Waals surface area contributed by atoms with Gasteiger partial charge in [-0.15, -0.1) is 0 Å². The molecule has 3 aromatic rings. The van der Waals surface area contributed by atoms with Crippen molar-refractivity contribution in [1.29, 1.82) is 0 Å². The summed E-state index contributed by atoms with van der Waals surface area (Å²) in [4.78, 5) is 19.3. The molecule has 0 aliphatic carbocycles. The molecule has 1 N–H and O–H groups in total. The van der Waals surface area contributed by atoms with Crippen LogP contribution in [0.5, 0.6) is 0 Å². The van der Waals surface area contributed by atoms with Crippen LogP contribution in [0.3, 0.4) is 0 Å². The molecule has 0 bridgehead atoms. The van der Waals surface area contributed by atoms with Gasteiger partial charge in [-0.3, -0.25) is 4.79 Å². The number of aromatic nitrogens is 2. The number of nitrogens with zero attached hydrogens (tertiary/aromatic N) is 3. The first-order valence-corrected chi connectivity index (χ1v) is 11.4. The highest BCUT2D eigenvalue weighted by atomic mass is 32.2. The summed E-state index contributed by atoms with van der Waals surface area (Å²) < 4.78 is 5.41. The molecule has 0 saturated carbocycles. The molecule has 6 nitrogen and oxygen atoms in total.